The fourth-order valence-corrected chi connectivity index (χ4v) is 4.71. The van der Waals surface area contributed by atoms with Gasteiger partial charge in [0.1, 0.15) is 18.9 Å². The van der Waals surface area contributed by atoms with Crippen LogP contribution in [0.3, 0.4) is 0 Å². The molecule has 0 spiro atoms. The number of hydrogen-bond acceptors (Lipinski definition) is 5. The van der Waals surface area contributed by atoms with Crippen LogP contribution >= 0.6 is 11.6 Å². The molecule has 1 aromatic carbocycles. The normalized spacial score (nSPS) is 18.1. The number of carbonyl (C=O) groups excluding carboxylic acids is 2. The number of rotatable bonds is 8. The lowest BCUT2D eigenvalue weighted by molar-refractivity contribution is -0.121. The fraction of sp³-hybridized carbons (Fsp3) is 0.636. The van der Waals surface area contributed by atoms with E-state index in [0.717, 1.165) is 32.5 Å². The van der Waals surface area contributed by atoms with Crippen molar-refractivity contribution in [2.45, 2.75) is 51.9 Å². The molecule has 0 saturated carbocycles. The van der Waals surface area contributed by atoms with Crippen LogP contribution in [0.2, 0.25) is 5.02 Å². The highest BCUT2D eigenvalue weighted by molar-refractivity contribution is 6.34. The van der Waals surface area contributed by atoms with Crippen molar-refractivity contribution >= 4 is 29.1 Å². The van der Waals surface area contributed by atoms with Crippen LogP contribution in [-0.2, 0) is 9.59 Å². The summed E-state index contributed by atoms with van der Waals surface area (Å²) in [6, 6.07) is 1.70. The lowest BCUT2D eigenvalue weighted by atomic mass is 9.79. The van der Waals surface area contributed by atoms with Crippen molar-refractivity contribution in [3.8, 4) is 11.5 Å². The fourth-order valence-electron chi connectivity index (χ4n) is 4.46. The Morgan fingerprint density at radius 1 is 1.23 bits per heavy atom. The van der Waals surface area contributed by atoms with Crippen LogP contribution in [0.4, 0.5) is 5.69 Å². The van der Waals surface area contributed by atoms with Gasteiger partial charge in [0, 0.05) is 12.5 Å². The SMILES string of the molecule is CCCCCN1CCC(C(C(N)=O)c2cc(Cl)c(NC(C)=O)c3c2OCCO3)CC1. The maximum Gasteiger partial charge on any atom is 0.225 e. The number of piperidine rings is 1. The van der Waals surface area contributed by atoms with Gasteiger partial charge in [-0.05, 0) is 50.9 Å². The molecule has 7 nitrogen and oxygen atoms in total. The molecule has 2 aliphatic rings. The number of fused-ring (bicyclic) bond motifs is 1. The Labute approximate surface area is 183 Å². The first-order chi connectivity index (χ1) is 14.4. The molecule has 1 atom stereocenters. The van der Waals surface area contributed by atoms with Crippen molar-refractivity contribution in [3.05, 3.63) is 16.7 Å². The van der Waals surface area contributed by atoms with E-state index >= 15 is 0 Å². The zero-order valence-corrected chi connectivity index (χ0v) is 18.6. The van der Waals surface area contributed by atoms with Gasteiger partial charge in [0.15, 0.2) is 11.5 Å². The van der Waals surface area contributed by atoms with Crippen molar-refractivity contribution in [3.63, 3.8) is 0 Å². The number of benzene rings is 1. The molecular weight excluding hydrogens is 406 g/mol. The first-order valence-corrected chi connectivity index (χ1v) is 11.2. The molecular formula is C22H32ClN3O4. The van der Waals surface area contributed by atoms with Gasteiger partial charge in [0.25, 0.3) is 0 Å². The highest BCUT2D eigenvalue weighted by atomic mass is 35.5. The van der Waals surface area contributed by atoms with Gasteiger partial charge in [-0.15, -0.1) is 0 Å². The van der Waals surface area contributed by atoms with Crippen LogP contribution in [0.1, 0.15) is 57.4 Å². The average molecular weight is 438 g/mol. The summed E-state index contributed by atoms with van der Waals surface area (Å²) in [5, 5.41) is 3.02. The number of primary amides is 1. The number of nitrogens with zero attached hydrogens (tertiary/aromatic N) is 1. The second-order valence-corrected chi connectivity index (χ2v) is 8.53. The van der Waals surface area contributed by atoms with Crippen molar-refractivity contribution in [1.82, 2.24) is 4.90 Å². The summed E-state index contributed by atoms with van der Waals surface area (Å²) in [5.74, 6) is -0.211. The molecule has 0 aromatic heterocycles. The number of unbranched alkanes of at least 4 members (excludes halogenated alkanes) is 2. The van der Waals surface area contributed by atoms with Crippen LogP contribution in [-0.4, -0.2) is 49.6 Å². The minimum Gasteiger partial charge on any atom is -0.486 e. The van der Waals surface area contributed by atoms with Crippen molar-refractivity contribution in [2.75, 3.05) is 38.2 Å². The van der Waals surface area contributed by atoms with Gasteiger partial charge in [0.2, 0.25) is 11.8 Å². The number of nitrogens with one attached hydrogen (secondary N) is 1. The van der Waals surface area contributed by atoms with Gasteiger partial charge in [-0.1, -0.05) is 31.4 Å². The Morgan fingerprint density at radius 2 is 1.90 bits per heavy atom. The lowest BCUT2D eigenvalue weighted by Crippen LogP contribution is -2.39. The number of hydrogen-bond donors (Lipinski definition) is 2. The smallest absolute Gasteiger partial charge is 0.225 e. The number of amides is 2. The minimum absolute atomic E-state index is 0.113. The summed E-state index contributed by atoms with van der Waals surface area (Å²) >= 11 is 6.48. The standard InChI is InChI=1S/C22H32ClN3O4/c1-3-4-5-8-26-9-6-15(7-10-26)18(22(24)28)16-13-17(23)19(25-14(2)27)21-20(16)29-11-12-30-21/h13,15,18H,3-12H2,1-2H3,(H2,24,28)(H,25,27). The molecule has 1 saturated heterocycles. The maximum atomic E-state index is 12.6. The largest absolute Gasteiger partial charge is 0.486 e. The first kappa shape index (κ1) is 22.7. The molecule has 8 heteroatoms. The molecule has 2 heterocycles. The third kappa shape index (κ3) is 5.19. The van der Waals surface area contributed by atoms with Crippen LogP contribution in [0, 0.1) is 5.92 Å². The highest BCUT2D eigenvalue weighted by Crippen LogP contribution is 2.49. The van der Waals surface area contributed by atoms with Crippen molar-refractivity contribution in [1.29, 1.82) is 0 Å². The summed E-state index contributed by atoms with van der Waals surface area (Å²) in [4.78, 5) is 26.6. The molecule has 2 aliphatic heterocycles. The van der Waals surface area contributed by atoms with Gasteiger partial charge in [-0.3, -0.25) is 9.59 Å². The molecule has 1 unspecified atom stereocenters. The topological polar surface area (TPSA) is 93.9 Å². The number of anilines is 1. The summed E-state index contributed by atoms with van der Waals surface area (Å²) in [6.07, 6.45) is 5.44. The van der Waals surface area contributed by atoms with E-state index in [9.17, 15) is 9.59 Å². The number of ether oxygens (including phenoxy) is 2. The van der Waals surface area contributed by atoms with Crippen molar-refractivity contribution in [2.24, 2.45) is 11.7 Å². The van der Waals surface area contributed by atoms with Gasteiger partial charge in [-0.25, -0.2) is 0 Å². The molecule has 1 aromatic rings. The van der Waals surface area contributed by atoms with E-state index in [-0.39, 0.29) is 17.7 Å². The molecule has 0 bridgehead atoms. The van der Waals surface area contributed by atoms with Gasteiger partial charge < -0.3 is 25.4 Å². The van der Waals surface area contributed by atoms with Crippen LogP contribution in [0.25, 0.3) is 0 Å². The second kappa shape index (κ2) is 10.4. The Morgan fingerprint density at radius 3 is 2.50 bits per heavy atom. The van der Waals surface area contributed by atoms with Gasteiger partial charge in [0.05, 0.1) is 10.9 Å². The Kier molecular flexibility index (Phi) is 7.83. The molecule has 2 amide bonds. The third-order valence-corrected chi connectivity index (χ3v) is 6.21. The van der Waals surface area contributed by atoms with Gasteiger partial charge in [-0.2, -0.15) is 0 Å². The third-order valence-electron chi connectivity index (χ3n) is 5.92. The Balaban J connectivity index is 1.86. The number of carbonyl (C=O) groups is 2. The highest BCUT2D eigenvalue weighted by Gasteiger charge is 2.36. The zero-order chi connectivity index (χ0) is 21.7. The van der Waals surface area contributed by atoms with Gasteiger partial charge >= 0.3 is 0 Å². The van der Waals surface area contributed by atoms with Crippen LogP contribution in [0.5, 0.6) is 11.5 Å². The van der Waals surface area contributed by atoms with E-state index in [4.69, 9.17) is 26.8 Å². The summed E-state index contributed by atoms with van der Waals surface area (Å²) in [6.45, 7) is 7.33. The summed E-state index contributed by atoms with van der Waals surface area (Å²) in [7, 11) is 0. The molecule has 1 fully saturated rings. The zero-order valence-electron chi connectivity index (χ0n) is 17.8. The summed E-state index contributed by atoms with van der Waals surface area (Å²) < 4.78 is 11.7. The second-order valence-electron chi connectivity index (χ2n) is 8.13. The number of likely N-dealkylation sites (tertiary alicyclic amines) is 1. The molecule has 0 aliphatic carbocycles. The monoisotopic (exact) mass is 437 g/mol. The molecule has 30 heavy (non-hydrogen) atoms. The van der Waals surface area contributed by atoms with Crippen LogP contribution in [0.15, 0.2) is 6.07 Å². The summed E-state index contributed by atoms with van der Waals surface area (Å²) in [5.41, 5.74) is 6.90. The lowest BCUT2D eigenvalue weighted by Gasteiger charge is -2.36. The van der Waals surface area contributed by atoms with E-state index < -0.39 is 5.92 Å². The van der Waals surface area contributed by atoms with E-state index in [1.54, 1.807) is 6.07 Å². The van der Waals surface area contributed by atoms with Crippen LogP contribution < -0.4 is 20.5 Å². The number of halogens is 1. The quantitative estimate of drug-likeness (QED) is 0.606. The Hall–Kier alpha value is -1.99. The predicted octanol–water partition coefficient (Wildman–Crippen LogP) is 3.54. The average Bonchev–Trinajstić information content (AvgIpc) is 2.72. The number of nitrogens with two attached hydrogens (primary N) is 1. The predicted molar refractivity (Wildman–Crippen MR) is 117 cm³/mol. The first-order valence-electron chi connectivity index (χ1n) is 10.8. The molecule has 3 rings (SSSR count). The Bertz CT molecular complexity index is 778. The van der Waals surface area contributed by atoms with E-state index in [0.29, 0.717) is 41.0 Å². The van der Waals surface area contributed by atoms with Crippen molar-refractivity contribution < 1.29 is 19.1 Å². The molecule has 3 N–H and O–H groups in total. The van der Waals surface area contributed by atoms with E-state index in [1.165, 1.54) is 26.2 Å². The van der Waals surface area contributed by atoms with E-state index in [1.807, 2.05) is 0 Å². The molecule has 0 radical (unpaired) electrons. The van der Waals surface area contributed by atoms with E-state index in [2.05, 4.69) is 17.1 Å². The minimum atomic E-state index is -0.512. The molecule has 166 valence electrons. The maximum absolute atomic E-state index is 12.6.